The molecule has 0 aliphatic carbocycles. The lowest BCUT2D eigenvalue weighted by Crippen LogP contribution is -2.10. The van der Waals surface area contributed by atoms with Gasteiger partial charge in [-0.25, -0.2) is 5.10 Å². The molecule has 8 heteroatoms. The number of aromatic nitrogens is 3. The van der Waals surface area contributed by atoms with Crippen LogP contribution in [0.4, 0.5) is 5.69 Å². The summed E-state index contributed by atoms with van der Waals surface area (Å²) in [4.78, 5) is 10.5. The molecule has 0 amide bonds. The Labute approximate surface area is 161 Å². The summed E-state index contributed by atoms with van der Waals surface area (Å²) in [6.45, 7) is 6.46. The normalized spacial score (nSPS) is 11.8. The van der Waals surface area contributed by atoms with E-state index in [4.69, 9.17) is 12.2 Å². The van der Waals surface area contributed by atoms with E-state index in [1.807, 2.05) is 12.1 Å². The van der Waals surface area contributed by atoms with Crippen LogP contribution in [0.5, 0.6) is 0 Å². The first-order chi connectivity index (χ1) is 12.8. The summed E-state index contributed by atoms with van der Waals surface area (Å²) in [6, 6.07) is 14.3. The molecule has 1 N–H and O–H groups in total. The summed E-state index contributed by atoms with van der Waals surface area (Å²) in [5, 5.41) is 22.3. The van der Waals surface area contributed by atoms with E-state index in [0.717, 1.165) is 5.56 Å². The molecule has 0 atom stereocenters. The third-order valence-electron chi connectivity index (χ3n) is 4.06. The monoisotopic (exact) mass is 381 g/mol. The summed E-state index contributed by atoms with van der Waals surface area (Å²) in [6.07, 6.45) is 1.52. The predicted molar refractivity (Wildman–Crippen MR) is 108 cm³/mol. The zero-order valence-corrected chi connectivity index (χ0v) is 16.0. The molecule has 3 aromatic rings. The zero-order chi connectivity index (χ0) is 19.6. The Morgan fingerprint density at radius 2 is 1.93 bits per heavy atom. The van der Waals surface area contributed by atoms with Crippen molar-refractivity contribution in [1.82, 2.24) is 14.9 Å². The van der Waals surface area contributed by atoms with Gasteiger partial charge in [-0.2, -0.15) is 14.9 Å². The number of H-pyrrole nitrogens is 1. The standard InChI is InChI=1S/C19H19N5O2S/c1-19(2,3)15-9-7-14(8-10-15)17-21-22-18(27)23(17)20-12-13-5-4-6-16(11-13)24(25)26/h4-12H,1-3H3,(H,22,27)/b20-12+. The van der Waals surface area contributed by atoms with Crippen molar-refractivity contribution in [2.45, 2.75) is 26.2 Å². The highest BCUT2D eigenvalue weighted by molar-refractivity contribution is 7.71. The van der Waals surface area contributed by atoms with Crippen molar-refractivity contribution in [3.63, 3.8) is 0 Å². The van der Waals surface area contributed by atoms with Crippen LogP contribution in [0.25, 0.3) is 11.4 Å². The lowest BCUT2D eigenvalue weighted by Gasteiger charge is -2.18. The van der Waals surface area contributed by atoms with Gasteiger partial charge in [-0.1, -0.05) is 57.2 Å². The summed E-state index contributed by atoms with van der Waals surface area (Å²) >= 11 is 5.26. The predicted octanol–water partition coefficient (Wildman–Crippen LogP) is 4.70. The van der Waals surface area contributed by atoms with Crippen molar-refractivity contribution in [1.29, 1.82) is 0 Å². The number of nitrogens with one attached hydrogen (secondary N) is 1. The van der Waals surface area contributed by atoms with Crippen molar-refractivity contribution >= 4 is 24.1 Å². The maximum absolute atomic E-state index is 10.9. The lowest BCUT2D eigenvalue weighted by atomic mass is 9.87. The van der Waals surface area contributed by atoms with Crippen molar-refractivity contribution in [2.75, 3.05) is 0 Å². The molecule has 1 heterocycles. The van der Waals surface area contributed by atoms with Gasteiger partial charge in [-0.3, -0.25) is 10.1 Å². The second-order valence-electron chi connectivity index (χ2n) is 7.09. The topological polar surface area (TPSA) is 89.1 Å². The van der Waals surface area contributed by atoms with Gasteiger partial charge in [0.15, 0.2) is 5.82 Å². The highest BCUT2D eigenvalue weighted by Crippen LogP contribution is 2.25. The quantitative estimate of drug-likeness (QED) is 0.307. The van der Waals surface area contributed by atoms with E-state index in [9.17, 15) is 10.1 Å². The zero-order valence-electron chi connectivity index (χ0n) is 15.2. The first-order valence-corrected chi connectivity index (χ1v) is 8.74. The van der Waals surface area contributed by atoms with Gasteiger partial charge in [0.25, 0.3) is 5.69 Å². The van der Waals surface area contributed by atoms with Gasteiger partial charge in [-0.15, -0.1) is 0 Å². The maximum atomic E-state index is 10.9. The molecule has 0 spiro atoms. The van der Waals surface area contributed by atoms with E-state index in [1.54, 1.807) is 12.1 Å². The highest BCUT2D eigenvalue weighted by atomic mass is 32.1. The van der Waals surface area contributed by atoms with E-state index in [2.05, 4.69) is 48.2 Å². The average Bonchev–Trinajstić information content (AvgIpc) is 3.00. The van der Waals surface area contributed by atoms with Crippen LogP contribution in [-0.4, -0.2) is 26.0 Å². The first-order valence-electron chi connectivity index (χ1n) is 8.33. The Morgan fingerprint density at radius 3 is 2.56 bits per heavy atom. The second kappa shape index (κ2) is 7.24. The van der Waals surface area contributed by atoms with E-state index in [-0.39, 0.29) is 11.1 Å². The Bertz CT molecular complexity index is 1060. The lowest BCUT2D eigenvalue weighted by molar-refractivity contribution is -0.384. The Balaban J connectivity index is 1.95. The molecule has 0 unspecified atom stereocenters. The number of nitrogens with zero attached hydrogens (tertiary/aromatic N) is 4. The molecule has 0 bridgehead atoms. The smallest absolute Gasteiger partial charge is 0.258 e. The average molecular weight is 381 g/mol. The van der Waals surface area contributed by atoms with Gasteiger partial charge in [-0.05, 0) is 23.2 Å². The van der Waals surface area contributed by atoms with E-state index in [0.29, 0.717) is 16.2 Å². The van der Waals surface area contributed by atoms with Crippen molar-refractivity contribution < 1.29 is 4.92 Å². The molecule has 0 aliphatic heterocycles. The van der Waals surface area contributed by atoms with Crippen molar-refractivity contribution in [3.8, 4) is 11.4 Å². The van der Waals surface area contributed by atoms with Crippen molar-refractivity contribution in [2.24, 2.45) is 5.10 Å². The van der Waals surface area contributed by atoms with Crippen LogP contribution in [0, 0.1) is 14.9 Å². The Kier molecular flexibility index (Phi) is 5.00. The SMILES string of the molecule is CC(C)(C)c1ccc(-c2n[nH]c(=S)n2/N=C/c2cccc([N+](=O)[O-])c2)cc1. The van der Waals surface area contributed by atoms with Crippen LogP contribution in [-0.2, 0) is 5.41 Å². The number of nitro benzene ring substituents is 1. The molecule has 1 aromatic heterocycles. The third-order valence-corrected chi connectivity index (χ3v) is 4.33. The largest absolute Gasteiger partial charge is 0.270 e. The van der Waals surface area contributed by atoms with Crippen LogP contribution in [0.15, 0.2) is 53.6 Å². The van der Waals surface area contributed by atoms with E-state index >= 15 is 0 Å². The molecule has 2 aromatic carbocycles. The molecule has 27 heavy (non-hydrogen) atoms. The number of non-ortho nitro benzene ring substituents is 1. The molecule has 3 rings (SSSR count). The number of benzene rings is 2. The molecule has 0 aliphatic rings. The molecule has 0 fully saturated rings. The summed E-state index contributed by atoms with van der Waals surface area (Å²) < 4.78 is 1.84. The van der Waals surface area contributed by atoms with Gasteiger partial charge in [0, 0.05) is 23.3 Å². The summed E-state index contributed by atoms with van der Waals surface area (Å²) in [7, 11) is 0. The van der Waals surface area contributed by atoms with Crippen LogP contribution in [0.3, 0.4) is 0 Å². The fourth-order valence-electron chi connectivity index (χ4n) is 2.55. The van der Waals surface area contributed by atoms with Crippen molar-refractivity contribution in [3.05, 3.63) is 74.5 Å². The maximum Gasteiger partial charge on any atom is 0.270 e. The highest BCUT2D eigenvalue weighted by Gasteiger charge is 2.14. The van der Waals surface area contributed by atoms with Gasteiger partial charge >= 0.3 is 0 Å². The molecule has 7 nitrogen and oxygen atoms in total. The van der Waals surface area contributed by atoms with E-state index in [1.165, 1.54) is 28.6 Å². The molecule has 0 saturated carbocycles. The molecular weight excluding hydrogens is 362 g/mol. The summed E-state index contributed by atoms with van der Waals surface area (Å²) in [5.74, 6) is 0.571. The minimum Gasteiger partial charge on any atom is -0.258 e. The minimum absolute atomic E-state index is 0.00716. The Morgan fingerprint density at radius 1 is 1.22 bits per heavy atom. The van der Waals surface area contributed by atoms with Crippen LogP contribution in [0.1, 0.15) is 31.9 Å². The fraction of sp³-hybridized carbons (Fsp3) is 0.211. The van der Waals surface area contributed by atoms with Gasteiger partial charge < -0.3 is 0 Å². The number of rotatable bonds is 4. The van der Waals surface area contributed by atoms with Gasteiger partial charge in [0.2, 0.25) is 4.77 Å². The minimum atomic E-state index is -0.441. The number of hydrogen-bond donors (Lipinski definition) is 1. The first kappa shape index (κ1) is 18.7. The van der Waals surface area contributed by atoms with E-state index < -0.39 is 4.92 Å². The number of hydrogen-bond acceptors (Lipinski definition) is 5. The molecular formula is C19H19N5O2S. The molecule has 138 valence electrons. The number of aromatic amines is 1. The fourth-order valence-corrected chi connectivity index (χ4v) is 2.73. The third kappa shape index (κ3) is 4.17. The second-order valence-corrected chi connectivity index (χ2v) is 7.47. The van der Waals surface area contributed by atoms with Crippen LogP contribution < -0.4 is 0 Å². The Hall–Kier alpha value is -3.13. The van der Waals surface area contributed by atoms with Gasteiger partial charge in [0.05, 0.1) is 11.1 Å². The summed E-state index contributed by atoms with van der Waals surface area (Å²) in [5.41, 5.74) is 2.75. The number of nitro groups is 1. The van der Waals surface area contributed by atoms with Crippen LogP contribution in [0.2, 0.25) is 0 Å². The van der Waals surface area contributed by atoms with Crippen LogP contribution >= 0.6 is 12.2 Å². The van der Waals surface area contributed by atoms with Gasteiger partial charge in [0.1, 0.15) is 0 Å². The molecule has 0 saturated heterocycles. The molecule has 0 radical (unpaired) electrons.